The van der Waals surface area contributed by atoms with Crippen molar-refractivity contribution in [1.82, 2.24) is 0 Å². The Morgan fingerprint density at radius 1 is 1.38 bits per heavy atom. The van der Waals surface area contributed by atoms with Crippen molar-refractivity contribution in [2.24, 2.45) is 5.73 Å². The first-order chi connectivity index (χ1) is 10.1. The molecule has 4 N–H and O–H groups in total. The highest BCUT2D eigenvalue weighted by Crippen LogP contribution is 2.36. The van der Waals surface area contributed by atoms with Crippen LogP contribution in [-0.2, 0) is 4.74 Å². The standard InChI is InChI=1S/C16H21NO4/c1-10(12(18)7-5-9-20-2)14-15(17)11-6-3-4-8-13(11)21-16(14)19/h3-4,6,8,16,18-19H,5,7,9,17H2,1-2H3/b12-10-. The third-order valence-electron chi connectivity index (χ3n) is 3.55. The van der Waals surface area contributed by atoms with E-state index in [1.54, 1.807) is 20.1 Å². The zero-order valence-electron chi connectivity index (χ0n) is 12.3. The molecule has 0 radical (unpaired) electrons. The summed E-state index contributed by atoms with van der Waals surface area (Å²) in [5.41, 5.74) is 8.27. The number of para-hydroxylation sites is 1. The second-order valence-electron chi connectivity index (χ2n) is 4.96. The van der Waals surface area contributed by atoms with Crippen LogP contribution in [0.25, 0.3) is 5.70 Å². The SMILES string of the molecule is COCCC/C(O)=C(\C)C1=C(N)c2ccccc2OC1O. The molecular weight excluding hydrogens is 270 g/mol. The van der Waals surface area contributed by atoms with Crippen LogP contribution >= 0.6 is 0 Å². The van der Waals surface area contributed by atoms with E-state index < -0.39 is 6.29 Å². The molecule has 5 nitrogen and oxygen atoms in total. The first-order valence-corrected chi connectivity index (χ1v) is 6.88. The van der Waals surface area contributed by atoms with Crippen molar-refractivity contribution in [3.8, 4) is 5.75 Å². The van der Waals surface area contributed by atoms with Crippen molar-refractivity contribution in [2.75, 3.05) is 13.7 Å². The molecule has 1 aromatic rings. The number of hydrogen-bond donors (Lipinski definition) is 3. The van der Waals surface area contributed by atoms with Gasteiger partial charge in [0.15, 0.2) is 0 Å². The van der Waals surface area contributed by atoms with Gasteiger partial charge >= 0.3 is 0 Å². The predicted octanol–water partition coefficient (Wildman–Crippen LogP) is 2.33. The Hall–Kier alpha value is -1.98. The minimum absolute atomic E-state index is 0.187. The van der Waals surface area contributed by atoms with Gasteiger partial charge in [0.1, 0.15) is 5.75 Å². The van der Waals surface area contributed by atoms with Crippen molar-refractivity contribution < 1.29 is 19.7 Å². The molecule has 1 aromatic carbocycles. The van der Waals surface area contributed by atoms with Gasteiger partial charge in [-0.15, -0.1) is 0 Å². The third kappa shape index (κ3) is 3.20. The Kier molecular flexibility index (Phi) is 4.88. The fourth-order valence-corrected chi connectivity index (χ4v) is 2.36. The predicted molar refractivity (Wildman–Crippen MR) is 80.6 cm³/mol. The molecule has 0 bridgehead atoms. The highest BCUT2D eigenvalue weighted by Gasteiger charge is 2.27. The van der Waals surface area contributed by atoms with Crippen molar-refractivity contribution in [3.05, 3.63) is 46.7 Å². The van der Waals surface area contributed by atoms with Gasteiger partial charge in [0.25, 0.3) is 0 Å². The summed E-state index contributed by atoms with van der Waals surface area (Å²) in [7, 11) is 1.61. The van der Waals surface area contributed by atoms with E-state index in [0.717, 1.165) is 5.56 Å². The van der Waals surface area contributed by atoms with Crippen LogP contribution in [0.4, 0.5) is 0 Å². The van der Waals surface area contributed by atoms with Gasteiger partial charge in [-0.2, -0.15) is 0 Å². The number of fused-ring (bicyclic) bond motifs is 1. The molecule has 0 saturated heterocycles. The Morgan fingerprint density at radius 2 is 2.10 bits per heavy atom. The summed E-state index contributed by atoms with van der Waals surface area (Å²) in [5.74, 6) is 0.727. The molecule has 1 aliphatic heterocycles. The Bertz CT molecular complexity index is 577. The van der Waals surface area contributed by atoms with Crippen molar-refractivity contribution in [2.45, 2.75) is 26.1 Å². The van der Waals surface area contributed by atoms with Gasteiger partial charge in [0.05, 0.1) is 11.5 Å². The van der Waals surface area contributed by atoms with E-state index in [2.05, 4.69) is 0 Å². The molecule has 5 heteroatoms. The zero-order valence-corrected chi connectivity index (χ0v) is 12.3. The van der Waals surface area contributed by atoms with Gasteiger partial charge in [-0.1, -0.05) is 12.1 Å². The van der Waals surface area contributed by atoms with E-state index in [1.807, 2.05) is 18.2 Å². The molecule has 0 aromatic heterocycles. The summed E-state index contributed by atoms with van der Waals surface area (Å²) in [6, 6.07) is 7.24. The summed E-state index contributed by atoms with van der Waals surface area (Å²) in [5, 5.41) is 20.3. The number of allylic oxidation sites excluding steroid dienone is 1. The maximum Gasteiger partial charge on any atom is 0.226 e. The van der Waals surface area contributed by atoms with Gasteiger partial charge in [0.2, 0.25) is 6.29 Å². The molecule has 21 heavy (non-hydrogen) atoms. The number of ether oxygens (including phenoxy) is 2. The van der Waals surface area contributed by atoms with E-state index >= 15 is 0 Å². The lowest BCUT2D eigenvalue weighted by Crippen LogP contribution is -2.27. The lowest BCUT2D eigenvalue weighted by molar-refractivity contribution is 0.0135. The zero-order chi connectivity index (χ0) is 15.4. The largest absolute Gasteiger partial charge is 0.512 e. The molecule has 114 valence electrons. The van der Waals surface area contributed by atoms with Crippen LogP contribution in [0.5, 0.6) is 5.75 Å². The second-order valence-corrected chi connectivity index (χ2v) is 4.96. The fourth-order valence-electron chi connectivity index (χ4n) is 2.36. The van der Waals surface area contributed by atoms with E-state index in [9.17, 15) is 10.2 Å². The molecule has 0 saturated carbocycles. The maximum atomic E-state index is 10.1. The van der Waals surface area contributed by atoms with Gasteiger partial charge in [-0.25, -0.2) is 0 Å². The number of aliphatic hydroxyl groups is 2. The van der Waals surface area contributed by atoms with Crippen molar-refractivity contribution >= 4 is 5.70 Å². The molecular formula is C16H21NO4. The first-order valence-electron chi connectivity index (χ1n) is 6.88. The number of hydrogen-bond acceptors (Lipinski definition) is 5. The summed E-state index contributed by atoms with van der Waals surface area (Å²) in [6.07, 6.45) is -0.0185. The third-order valence-corrected chi connectivity index (χ3v) is 3.55. The van der Waals surface area contributed by atoms with Crippen LogP contribution in [0.3, 0.4) is 0 Å². The molecule has 1 aliphatic rings. The fraction of sp³-hybridized carbons (Fsp3) is 0.375. The number of methoxy groups -OCH3 is 1. The van der Waals surface area contributed by atoms with E-state index in [4.69, 9.17) is 15.2 Å². The van der Waals surface area contributed by atoms with Crippen LogP contribution in [0.1, 0.15) is 25.3 Å². The van der Waals surface area contributed by atoms with Gasteiger partial charge in [-0.3, -0.25) is 0 Å². The summed E-state index contributed by atoms with van der Waals surface area (Å²) >= 11 is 0. The molecule has 1 atom stereocenters. The molecule has 0 fully saturated rings. The van der Waals surface area contributed by atoms with Crippen LogP contribution in [0.15, 0.2) is 41.2 Å². The molecule has 0 aliphatic carbocycles. The van der Waals surface area contributed by atoms with Crippen molar-refractivity contribution in [1.29, 1.82) is 0 Å². The highest BCUT2D eigenvalue weighted by molar-refractivity contribution is 5.76. The Labute approximate surface area is 124 Å². The minimum Gasteiger partial charge on any atom is -0.512 e. The first kappa shape index (κ1) is 15.4. The number of nitrogens with two attached hydrogens (primary N) is 1. The van der Waals surface area contributed by atoms with Crippen LogP contribution in [0, 0.1) is 0 Å². The quantitative estimate of drug-likeness (QED) is 0.572. The number of aliphatic hydroxyl groups excluding tert-OH is 2. The summed E-state index contributed by atoms with van der Waals surface area (Å²) < 4.78 is 10.4. The van der Waals surface area contributed by atoms with Crippen LogP contribution < -0.4 is 10.5 Å². The topological polar surface area (TPSA) is 84.9 Å². The Balaban J connectivity index is 2.35. The normalized spacial score (nSPS) is 18.9. The average molecular weight is 291 g/mol. The van der Waals surface area contributed by atoms with Gasteiger partial charge in [-0.05, 0) is 31.1 Å². The molecule has 0 amide bonds. The highest BCUT2D eigenvalue weighted by atomic mass is 16.6. The molecule has 1 heterocycles. The van der Waals surface area contributed by atoms with Gasteiger partial charge in [0, 0.05) is 31.3 Å². The monoisotopic (exact) mass is 291 g/mol. The van der Waals surface area contributed by atoms with Crippen LogP contribution in [-0.4, -0.2) is 30.2 Å². The smallest absolute Gasteiger partial charge is 0.226 e. The summed E-state index contributed by atoms with van der Waals surface area (Å²) in [6.45, 7) is 2.29. The second kappa shape index (κ2) is 6.65. The van der Waals surface area contributed by atoms with E-state index in [-0.39, 0.29) is 5.76 Å². The lowest BCUT2D eigenvalue weighted by atomic mass is 9.95. The number of benzene rings is 1. The van der Waals surface area contributed by atoms with Gasteiger partial charge < -0.3 is 25.4 Å². The Morgan fingerprint density at radius 3 is 2.81 bits per heavy atom. The number of rotatable bonds is 5. The van der Waals surface area contributed by atoms with Crippen LogP contribution in [0.2, 0.25) is 0 Å². The van der Waals surface area contributed by atoms with E-state index in [0.29, 0.717) is 42.0 Å². The molecule has 2 rings (SSSR count). The molecule has 0 spiro atoms. The summed E-state index contributed by atoms with van der Waals surface area (Å²) in [4.78, 5) is 0. The maximum absolute atomic E-state index is 10.1. The minimum atomic E-state index is -1.18. The molecule has 1 unspecified atom stereocenters. The van der Waals surface area contributed by atoms with Crippen molar-refractivity contribution in [3.63, 3.8) is 0 Å². The average Bonchev–Trinajstić information content (AvgIpc) is 2.47. The lowest BCUT2D eigenvalue weighted by Gasteiger charge is -2.27. The van der Waals surface area contributed by atoms with E-state index in [1.165, 1.54) is 0 Å².